The van der Waals surface area contributed by atoms with Crippen molar-refractivity contribution in [3.8, 4) is 0 Å². The molecule has 1 aromatic rings. The molecule has 1 aliphatic heterocycles. The van der Waals surface area contributed by atoms with Crippen LogP contribution in [0.2, 0.25) is 0 Å². The second-order valence-corrected chi connectivity index (χ2v) is 4.60. The number of nitrogens with one attached hydrogen (secondary N) is 1. The highest BCUT2D eigenvalue weighted by atomic mass is 15.3. The van der Waals surface area contributed by atoms with Gasteiger partial charge in [-0.15, -0.1) is 10.2 Å². The second kappa shape index (κ2) is 4.75. The zero-order valence-electron chi connectivity index (χ0n) is 9.61. The van der Waals surface area contributed by atoms with E-state index in [1.54, 1.807) is 0 Å². The smallest absolute Gasteiger partial charge is 0.134 e. The summed E-state index contributed by atoms with van der Waals surface area (Å²) >= 11 is 0. The lowest BCUT2D eigenvalue weighted by molar-refractivity contribution is 0.386. The molecule has 0 radical (unpaired) electrons. The van der Waals surface area contributed by atoms with E-state index in [-0.39, 0.29) is 0 Å². The van der Waals surface area contributed by atoms with Crippen molar-refractivity contribution in [3.05, 3.63) is 12.2 Å². The molecule has 84 valence electrons. The second-order valence-electron chi connectivity index (χ2n) is 4.60. The molecule has 1 saturated heterocycles. The third kappa shape index (κ3) is 2.56. The summed E-state index contributed by atoms with van der Waals surface area (Å²) in [6.45, 7) is 5.49. The average Bonchev–Trinajstić information content (AvgIpc) is 2.67. The first-order valence-corrected chi connectivity index (χ1v) is 5.89. The number of aromatic nitrogens is 3. The van der Waals surface area contributed by atoms with Crippen LogP contribution in [0.3, 0.4) is 0 Å². The lowest BCUT2D eigenvalue weighted by Crippen LogP contribution is -2.36. The van der Waals surface area contributed by atoms with Gasteiger partial charge in [0.15, 0.2) is 0 Å². The summed E-state index contributed by atoms with van der Waals surface area (Å²) in [5, 5.41) is 11.7. The van der Waals surface area contributed by atoms with Crippen LogP contribution in [0.25, 0.3) is 0 Å². The maximum atomic E-state index is 4.20. The number of nitrogens with zero attached hydrogens (tertiary/aromatic N) is 3. The molecule has 4 nitrogen and oxygen atoms in total. The molecule has 1 unspecified atom stereocenters. The zero-order chi connectivity index (χ0) is 10.7. The molecule has 15 heavy (non-hydrogen) atoms. The van der Waals surface area contributed by atoms with E-state index in [1.165, 1.54) is 19.3 Å². The lowest BCUT2D eigenvalue weighted by Gasteiger charge is -2.23. The van der Waals surface area contributed by atoms with Gasteiger partial charge in [0.25, 0.3) is 0 Å². The summed E-state index contributed by atoms with van der Waals surface area (Å²) < 4.78 is 2.16. The molecule has 1 aliphatic rings. The third-order valence-electron chi connectivity index (χ3n) is 3.04. The molecular formula is C11H20N4. The van der Waals surface area contributed by atoms with Gasteiger partial charge in [0.2, 0.25) is 0 Å². The predicted octanol–water partition coefficient (Wildman–Crippen LogP) is 1.54. The summed E-state index contributed by atoms with van der Waals surface area (Å²) in [6, 6.07) is 1.05. The fraction of sp³-hybridized carbons (Fsp3) is 0.818. The SMILES string of the molecule is CC(C)n1cnnc1CC1CCCCN1. The monoisotopic (exact) mass is 208 g/mol. The van der Waals surface area contributed by atoms with Gasteiger partial charge in [-0.05, 0) is 33.2 Å². The molecule has 1 N–H and O–H groups in total. The molecule has 0 amide bonds. The largest absolute Gasteiger partial charge is 0.315 e. The summed E-state index contributed by atoms with van der Waals surface area (Å²) in [7, 11) is 0. The Hall–Kier alpha value is -0.900. The Morgan fingerprint density at radius 1 is 1.53 bits per heavy atom. The fourth-order valence-electron chi connectivity index (χ4n) is 2.16. The van der Waals surface area contributed by atoms with Gasteiger partial charge in [0.05, 0.1) is 0 Å². The van der Waals surface area contributed by atoms with Crippen LogP contribution in [0.5, 0.6) is 0 Å². The first kappa shape index (κ1) is 10.6. The highest BCUT2D eigenvalue weighted by molar-refractivity contribution is 4.93. The Morgan fingerprint density at radius 2 is 2.40 bits per heavy atom. The van der Waals surface area contributed by atoms with Crippen molar-refractivity contribution in [1.82, 2.24) is 20.1 Å². The third-order valence-corrected chi connectivity index (χ3v) is 3.04. The quantitative estimate of drug-likeness (QED) is 0.819. The van der Waals surface area contributed by atoms with Crippen molar-refractivity contribution in [2.75, 3.05) is 6.54 Å². The molecule has 0 aliphatic carbocycles. The Labute approximate surface area is 91.1 Å². The number of piperidine rings is 1. The van der Waals surface area contributed by atoms with Crippen LogP contribution >= 0.6 is 0 Å². The molecule has 0 aromatic carbocycles. The zero-order valence-corrected chi connectivity index (χ0v) is 9.61. The van der Waals surface area contributed by atoms with E-state index in [0.717, 1.165) is 18.8 Å². The summed E-state index contributed by atoms with van der Waals surface area (Å²) in [5.74, 6) is 1.12. The lowest BCUT2D eigenvalue weighted by atomic mass is 10.0. The van der Waals surface area contributed by atoms with Crippen molar-refractivity contribution in [2.45, 2.75) is 51.6 Å². The normalized spacial score (nSPS) is 22.2. The summed E-state index contributed by atoms with van der Waals surface area (Å²) in [6.07, 6.45) is 6.77. The number of rotatable bonds is 3. The van der Waals surface area contributed by atoms with Gasteiger partial charge in [-0.1, -0.05) is 6.42 Å². The van der Waals surface area contributed by atoms with Crippen LogP contribution < -0.4 is 5.32 Å². The van der Waals surface area contributed by atoms with Gasteiger partial charge in [-0.3, -0.25) is 0 Å². The van der Waals surface area contributed by atoms with Crippen molar-refractivity contribution in [1.29, 1.82) is 0 Å². The Bertz CT molecular complexity index is 299. The molecule has 0 saturated carbocycles. The van der Waals surface area contributed by atoms with E-state index < -0.39 is 0 Å². The predicted molar refractivity (Wildman–Crippen MR) is 59.8 cm³/mol. The van der Waals surface area contributed by atoms with E-state index >= 15 is 0 Å². The van der Waals surface area contributed by atoms with E-state index in [2.05, 4.69) is 33.9 Å². The molecule has 1 fully saturated rings. The van der Waals surface area contributed by atoms with Crippen LogP contribution in [-0.4, -0.2) is 27.4 Å². The van der Waals surface area contributed by atoms with Crippen LogP contribution in [-0.2, 0) is 6.42 Å². The Morgan fingerprint density at radius 3 is 3.07 bits per heavy atom. The van der Waals surface area contributed by atoms with Crippen molar-refractivity contribution in [2.24, 2.45) is 0 Å². The molecule has 2 heterocycles. The summed E-state index contributed by atoms with van der Waals surface area (Å²) in [4.78, 5) is 0. The van der Waals surface area contributed by atoms with Gasteiger partial charge < -0.3 is 9.88 Å². The number of hydrogen-bond acceptors (Lipinski definition) is 3. The molecular weight excluding hydrogens is 188 g/mol. The van der Waals surface area contributed by atoms with Crippen molar-refractivity contribution < 1.29 is 0 Å². The minimum Gasteiger partial charge on any atom is -0.315 e. The van der Waals surface area contributed by atoms with E-state index in [1.807, 2.05) is 6.33 Å². The molecule has 0 spiro atoms. The van der Waals surface area contributed by atoms with Gasteiger partial charge in [-0.2, -0.15) is 0 Å². The first-order chi connectivity index (χ1) is 7.27. The molecule has 1 atom stereocenters. The van der Waals surface area contributed by atoms with Crippen LogP contribution in [0.1, 0.15) is 45.0 Å². The van der Waals surface area contributed by atoms with Crippen LogP contribution in [0, 0.1) is 0 Å². The minimum absolute atomic E-state index is 0.457. The maximum Gasteiger partial charge on any atom is 0.134 e. The van der Waals surface area contributed by atoms with Gasteiger partial charge in [0, 0.05) is 18.5 Å². The van der Waals surface area contributed by atoms with E-state index in [9.17, 15) is 0 Å². The Kier molecular flexibility index (Phi) is 3.36. The van der Waals surface area contributed by atoms with Crippen LogP contribution in [0.4, 0.5) is 0 Å². The van der Waals surface area contributed by atoms with Gasteiger partial charge in [-0.25, -0.2) is 0 Å². The standard InChI is InChI=1S/C11H20N4/c1-9(2)15-8-13-14-11(15)7-10-5-3-4-6-12-10/h8-10,12H,3-7H2,1-2H3. The van der Waals surface area contributed by atoms with Crippen molar-refractivity contribution in [3.63, 3.8) is 0 Å². The molecule has 2 rings (SSSR count). The van der Waals surface area contributed by atoms with E-state index in [0.29, 0.717) is 12.1 Å². The summed E-state index contributed by atoms with van der Waals surface area (Å²) in [5.41, 5.74) is 0. The van der Waals surface area contributed by atoms with E-state index in [4.69, 9.17) is 0 Å². The highest BCUT2D eigenvalue weighted by Crippen LogP contribution is 2.13. The topological polar surface area (TPSA) is 42.7 Å². The molecule has 0 bridgehead atoms. The highest BCUT2D eigenvalue weighted by Gasteiger charge is 2.16. The minimum atomic E-state index is 0.457. The number of hydrogen-bond donors (Lipinski definition) is 1. The van der Waals surface area contributed by atoms with Crippen molar-refractivity contribution >= 4 is 0 Å². The van der Waals surface area contributed by atoms with Gasteiger partial charge >= 0.3 is 0 Å². The average molecular weight is 208 g/mol. The molecule has 1 aromatic heterocycles. The first-order valence-electron chi connectivity index (χ1n) is 5.89. The van der Waals surface area contributed by atoms with Crippen LogP contribution in [0.15, 0.2) is 6.33 Å². The molecule has 4 heteroatoms. The fourth-order valence-corrected chi connectivity index (χ4v) is 2.16. The maximum absolute atomic E-state index is 4.20. The van der Waals surface area contributed by atoms with Gasteiger partial charge in [0.1, 0.15) is 12.2 Å². The Balaban J connectivity index is 1.99.